The Morgan fingerprint density at radius 2 is 1.91 bits per heavy atom. The summed E-state index contributed by atoms with van der Waals surface area (Å²) in [5.41, 5.74) is 1.16. The third kappa shape index (κ3) is 5.45. The van der Waals surface area contributed by atoms with Gasteiger partial charge in [0.25, 0.3) is 5.91 Å². The van der Waals surface area contributed by atoms with Crippen LogP contribution in [0.5, 0.6) is 0 Å². The molecule has 1 aliphatic heterocycles. The standard InChI is InChI=1S/C23H22F3N3OS2/c24-23(25,26)18-6-7-21(27-14-18)28-9-3-10-29(12-11-28)22(30)19-4-1-2-5-20(19)32-16-17-8-13-31-15-17/h1-2,4-8,13-15H,3,9-12,16H2. The second kappa shape index (κ2) is 9.95. The van der Waals surface area contributed by atoms with Gasteiger partial charge in [0.1, 0.15) is 5.82 Å². The quantitative estimate of drug-likeness (QED) is 0.435. The average Bonchev–Trinajstić information content (AvgIpc) is 3.19. The topological polar surface area (TPSA) is 36.4 Å². The van der Waals surface area contributed by atoms with Crippen molar-refractivity contribution in [2.24, 2.45) is 0 Å². The van der Waals surface area contributed by atoms with Crippen LogP contribution in [0.15, 0.2) is 64.3 Å². The summed E-state index contributed by atoms with van der Waals surface area (Å²) in [5.74, 6) is 1.29. The molecule has 4 nitrogen and oxygen atoms in total. The van der Waals surface area contributed by atoms with E-state index in [4.69, 9.17) is 0 Å². The Kier molecular flexibility index (Phi) is 7.05. The number of aromatic nitrogens is 1. The van der Waals surface area contributed by atoms with Crippen LogP contribution in [0.1, 0.15) is 27.9 Å². The number of thiophene rings is 1. The molecule has 1 fully saturated rings. The maximum Gasteiger partial charge on any atom is 0.417 e. The summed E-state index contributed by atoms with van der Waals surface area (Å²) < 4.78 is 38.4. The molecule has 0 N–H and O–H groups in total. The van der Waals surface area contributed by atoms with Crippen LogP contribution in [0, 0.1) is 0 Å². The Balaban J connectivity index is 1.42. The number of carbonyl (C=O) groups is 1. The lowest BCUT2D eigenvalue weighted by Gasteiger charge is -2.23. The number of thioether (sulfide) groups is 1. The van der Waals surface area contributed by atoms with Crippen LogP contribution in [-0.4, -0.2) is 42.0 Å². The van der Waals surface area contributed by atoms with Gasteiger partial charge in [0, 0.05) is 43.0 Å². The van der Waals surface area contributed by atoms with E-state index in [0.717, 1.165) is 29.3 Å². The highest BCUT2D eigenvalue weighted by molar-refractivity contribution is 7.98. The summed E-state index contributed by atoms with van der Waals surface area (Å²) in [6, 6.07) is 12.2. The van der Waals surface area contributed by atoms with E-state index in [-0.39, 0.29) is 5.91 Å². The first kappa shape index (κ1) is 22.7. The molecule has 3 aromatic rings. The van der Waals surface area contributed by atoms with Gasteiger partial charge in [0.15, 0.2) is 0 Å². The molecule has 1 aromatic carbocycles. The van der Waals surface area contributed by atoms with E-state index in [9.17, 15) is 18.0 Å². The van der Waals surface area contributed by atoms with E-state index in [1.54, 1.807) is 23.1 Å². The van der Waals surface area contributed by atoms with Crippen LogP contribution in [0.25, 0.3) is 0 Å². The van der Waals surface area contributed by atoms with Crippen molar-refractivity contribution in [1.29, 1.82) is 0 Å². The van der Waals surface area contributed by atoms with Crippen LogP contribution in [-0.2, 0) is 11.9 Å². The number of halogens is 3. The molecule has 1 saturated heterocycles. The molecule has 0 aliphatic carbocycles. The Labute approximate surface area is 193 Å². The number of benzene rings is 1. The first-order valence-corrected chi connectivity index (χ1v) is 12.1. The molecule has 0 bridgehead atoms. The van der Waals surface area contributed by atoms with E-state index in [1.807, 2.05) is 39.4 Å². The second-order valence-electron chi connectivity index (χ2n) is 7.45. The van der Waals surface area contributed by atoms with E-state index < -0.39 is 11.7 Å². The minimum Gasteiger partial charge on any atom is -0.355 e. The van der Waals surface area contributed by atoms with Crippen LogP contribution >= 0.6 is 23.1 Å². The number of rotatable bonds is 5. The fourth-order valence-corrected chi connectivity index (χ4v) is 5.33. The zero-order valence-electron chi connectivity index (χ0n) is 17.2. The molecule has 1 amide bonds. The highest BCUT2D eigenvalue weighted by Gasteiger charge is 2.31. The summed E-state index contributed by atoms with van der Waals surface area (Å²) in [5, 5.41) is 4.15. The van der Waals surface area contributed by atoms with Crippen molar-refractivity contribution in [3.63, 3.8) is 0 Å². The highest BCUT2D eigenvalue weighted by atomic mass is 32.2. The third-order valence-electron chi connectivity index (χ3n) is 5.27. The zero-order chi connectivity index (χ0) is 22.6. The number of hydrogen-bond acceptors (Lipinski definition) is 5. The molecule has 0 radical (unpaired) electrons. The van der Waals surface area contributed by atoms with Crippen LogP contribution < -0.4 is 4.90 Å². The summed E-state index contributed by atoms with van der Waals surface area (Å²) in [6.07, 6.45) is -2.81. The first-order valence-electron chi connectivity index (χ1n) is 10.2. The summed E-state index contributed by atoms with van der Waals surface area (Å²) in [6.45, 7) is 2.25. The minimum absolute atomic E-state index is 0.0133. The van der Waals surface area contributed by atoms with Gasteiger partial charge in [0.2, 0.25) is 0 Å². The third-order valence-corrected chi connectivity index (χ3v) is 7.15. The van der Waals surface area contributed by atoms with Crippen LogP contribution in [0.4, 0.5) is 19.0 Å². The lowest BCUT2D eigenvalue weighted by Crippen LogP contribution is -2.35. The number of alkyl halides is 3. The normalized spacial score (nSPS) is 15.0. The lowest BCUT2D eigenvalue weighted by molar-refractivity contribution is -0.137. The van der Waals surface area contributed by atoms with Crippen molar-refractivity contribution < 1.29 is 18.0 Å². The van der Waals surface area contributed by atoms with Crippen molar-refractivity contribution in [2.45, 2.75) is 23.2 Å². The van der Waals surface area contributed by atoms with Gasteiger partial charge in [-0.15, -0.1) is 11.8 Å². The summed E-state index contributed by atoms with van der Waals surface area (Å²) >= 11 is 3.31. The van der Waals surface area contributed by atoms with Gasteiger partial charge >= 0.3 is 6.18 Å². The smallest absolute Gasteiger partial charge is 0.355 e. The van der Waals surface area contributed by atoms with E-state index >= 15 is 0 Å². The van der Waals surface area contributed by atoms with Gasteiger partial charge in [-0.1, -0.05) is 12.1 Å². The van der Waals surface area contributed by atoms with Gasteiger partial charge in [0.05, 0.1) is 11.1 Å². The molecule has 4 rings (SSSR count). The average molecular weight is 478 g/mol. The number of amides is 1. The largest absolute Gasteiger partial charge is 0.417 e. The monoisotopic (exact) mass is 477 g/mol. The van der Waals surface area contributed by atoms with E-state index in [2.05, 4.69) is 16.4 Å². The number of anilines is 1. The Hall–Kier alpha value is -2.52. The molecular formula is C23H22F3N3OS2. The lowest BCUT2D eigenvalue weighted by atomic mass is 10.2. The first-order chi connectivity index (χ1) is 15.4. The molecule has 0 atom stereocenters. The van der Waals surface area contributed by atoms with Crippen molar-refractivity contribution in [3.05, 3.63) is 76.1 Å². The van der Waals surface area contributed by atoms with E-state index in [1.165, 1.54) is 11.6 Å². The fraction of sp³-hybridized carbons (Fsp3) is 0.304. The molecule has 0 unspecified atom stereocenters. The number of carbonyl (C=O) groups excluding carboxylic acids is 1. The fourth-order valence-electron chi connectivity index (χ4n) is 3.57. The number of hydrogen-bond donors (Lipinski definition) is 0. The second-order valence-corrected chi connectivity index (χ2v) is 9.25. The number of nitrogens with zero attached hydrogens (tertiary/aromatic N) is 3. The maximum atomic E-state index is 13.3. The number of pyridine rings is 1. The molecule has 0 spiro atoms. The SMILES string of the molecule is O=C(c1ccccc1SCc1ccsc1)N1CCCN(c2ccc(C(F)(F)F)cn2)CC1. The molecule has 32 heavy (non-hydrogen) atoms. The van der Waals surface area contributed by atoms with Crippen molar-refractivity contribution in [2.75, 3.05) is 31.1 Å². The van der Waals surface area contributed by atoms with E-state index in [0.29, 0.717) is 37.6 Å². The molecule has 1 aliphatic rings. The minimum atomic E-state index is -4.40. The molecule has 2 aromatic heterocycles. The van der Waals surface area contributed by atoms with Crippen LogP contribution in [0.2, 0.25) is 0 Å². The Morgan fingerprint density at radius 3 is 2.62 bits per heavy atom. The zero-order valence-corrected chi connectivity index (χ0v) is 18.8. The predicted octanol–water partition coefficient (Wildman–Crippen LogP) is 5.81. The highest BCUT2D eigenvalue weighted by Crippen LogP contribution is 2.30. The summed E-state index contributed by atoms with van der Waals surface area (Å²) in [7, 11) is 0. The molecule has 9 heteroatoms. The Bertz CT molecular complexity index is 1040. The molecule has 3 heterocycles. The summed E-state index contributed by atoms with van der Waals surface area (Å²) in [4.78, 5) is 22.0. The van der Waals surface area contributed by atoms with Gasteiger partial charge < -0.3 is 9.80 Å². The van der Waals surface area contributed by atoms with Gasteiger partial charge in [-0.25, -0.2) is 4.98 Å². The van der Waals surface area contributed by atoms with Gasteiger partial charge in [-0.3, -0.25) is 4.79 Å². The molecular weight excluding hydrogens is 455 g/mol. The van der Waals surface area contributed by atoms with Gasteiger partial charge in [-0.2, -0.15) is 24.5 Å². The van der Waals surface area contributed by atoms with Crippen molar-refractivity contribution in [3.8, 4) is 0 Å². The van der Waals surface area contributed by atoms with Crippen LogP contribution in [0.3, 0.4) is 0 Å². The van der Waals surface area contributed by atoms with Crippen molar-refractivity contribution in [1.82, 2.24) is 9.88 Å². The van der Waals surface area contributed by atoms with Gasteiger partial charge in [-0.05, 0) is 53.1 Å². The Morgan fingerprint density at radius 1 is 1.06 bits per heavy atom. The molecule has 0 saturated carbocycles. The predicted molar refractivity (Wildman–Crippen MR) is 122 cm³/mol. The molecule has 168 valence electrons. The van der Waals surface area contributed by atoms with Crippen molar-refractivity contribution >= 4 is 34.8 Å². The maximum absolute atomic E-state index is 13.3.